The first-order valence-electron chi connectivity index (χ1n) is 6.48. The Morgan fingerprint density at radius 2 is 1.95 bits per heavy atom. The van der Waals surface area contributed by atoms with Gasteiger partial charge in [-0.15, -0.1) is 0 Å². The zero-order chi connectivity index (χ0) is 13.8. The fraction of sp³-hybridized carbons (Fsp3) is 0.500. The highest BCUT2D eigenvalue weighted by Crippen LogP contribution is 2.33. The van der Waals surface area contributed by atoms with Crippen molar-refractivity contribution in [2.24, 2.45) is 0 Å². The number of benzene rings is 1. The molecule has 1 heterocycles. The number of carbonyl (C=O) groups is 1. The highest BCUT2D eigenvalue weighted by atomic mass is 35.5. The first kappa shape index (κ1) is 14.6. The second-order valence-electron chi connectivity index (χ2n) is 4.88. The molecule has 19 heavy (non-hydrogen) atoms. The van der Waals surface area contributed by atoms with E-state index in [-0.39, 0.29) is 12.5 Å². The van der Waals surface area contributed by atoms with E-state index >= 15 is 0 Å². The van der Waals surface area contributed by atoms with Crippen LogP contribution in [0.1, 0.15) is 37.3 Å². The zero-order valence-corrected chi connectivity index (χ0v) is 12.1. The summed E-state index contributed by atoms with van der Waals surface area (Å²) in [7, 11) is 0. The minimum absolute atomic E-state index is 0.0708. The molecule has 1 fully saturated rings. The van der Waals surface area contributed by atoms with E-state index in [4.69, 9.17) is 28.3 Å². The summed E-state index contributed by atoms with van der Waals surface area (Å²) in [6, 6.07) is 5.12. The van der Waals surface area contributed by atoms with E-state index in [1.807, 2.05) is 6.07 Å². The van der Waals surface area contributed by atoms with Gasteiger partial charge in [-0.3, -0.25) is 9.69 Å². The molecular formula is C14H17Cl2NO2. The molecule has 3 nitrogen and oxygen atoms in total. The van der Waals surface area contributed by atoms with Gasteiger partial charge in [0.05, 0.1) is 6.42 Å². The molecule has 1 unspecified atom stereocenters. The second kappa shape index (κ2) is 6.60. The monoisotopic (exact) mass is 301 g/mol. The maximum absolute atomic E-state index is 11.1. The van der Waals surface area contributed by atoms with Crippen LogP contribution in [-0.2, 0) is 4.79 Å². The molecule has 0 spiro atoms. The third kappa shape index (κ3) is 3.85. The van der Waals surface area contributed by atoms with Gasteiger partial charge in [0, 0.05) is 16.1 Å². The fourth-order valence-corrected chi connectivity index (χ4v) is 3.14. The molecule has 1 aliphatic heterocycles. The van der Waals surface area contributed by atoms with Crippen molar-refractivity contribution in [3.8, 4) is 0 Å². The lowest BCUT2D eigenvalue weighted by Gasteiger charge is -2.34. The Bertz CT molecular complexity index is 459. The van der Waals surface area contributed by atoms with Crippen LogP contribution in [-0.4, -0.2) is 29.1 Å². The summed E-state index contributed by atoms with van der Waals surface area (Å²) in [6.45, 7) is 1.85. The lowest BCUT2D eigenvalue weighted by molar-refractivity contribution is -0.138. The van der Waals surface area contributed by atoms with Crippen LogP contribution < -0.4 is 0 Å². The summed E-state index contributed by atoms with van der Waals surface area (Å²) in [6.07, 6.45) is 3.51. The van der Waals surface area contributed by atoms with Gasteiger partial charge in [-0.25, -0.2) is 0 Å². The van der Waals surface area contributed by atoms with Crippen LogP contribution in [0.4, 0.5) is 0 Å². The van der Waals surface area contributed by atoms with E-state index in [2.05, 4.69) is 4.90 Å². The summed E-state index contributed by atoms with van der Waals surface area (Å²) in [5.41, 5.74) is 0.857. The predicted molar refractivity (Wildman–Crippen MR) is 76.9 cm³/mol. The first-order valence-corrected chi connectivity index (χ1v) is 7.24. The van der Waals surface area contributed by atoms with E-state index in [9.17, 15) is 4.79 Å². The van der Waals surface area contributed by atoms with Crippen LogP contribution in [0.3, 0.4) is 0 Å². The van der Waals surface area contributed by atoms with Crippen molar-refractivity contribution >= 4 is 29.2 Å². The smallest absolute Gasteiger partial charge is 0.305 e. The molecule has 1 N–H and O–H groups in total. The normalized spacial score (nSPS) is 18.2. The number of likely N-dealkylation sites (tertiary alicyclic amines) is 1. The third-order valence-corrected chi connectivity index (χ3v) is 4.08. The summed E-state index contributed by atoms with van der Waals surface area (Å²) in [5, 5.41) is 10.2. The molecule has 1 atom stereocenters. The minimum Gasteiger partial charge on any atom is -0.481 e. The van der Waals surface area contributed by atoms with Crippen LogP contribution in [0, 0.1) is 0 Å². The van der Waals surface area contributed by atoms with Gasteiger partial charge < -0.3 is 5.11 Å². The van der Waals surface area contributed by atoms with Gasteiger partial charge in [-0.2, -0.15) is 0 Å². The molecule has 1 aromatic rings. The topological polar surface area (TPSA) is 40.5 Å². The third-order valence-electron chi connectivity index (χ3n) is 3.52. The summed E-state index contributed by atoms with van der Waals surface area (Å²) >= 11 is 12.1. The Labute approximate surface area is 123 Å². The number of hydrogen-bond acceptors (Lipinski definition) is 2. The average molecular weight is 302 g/mol. The SMILES string of the molecule is O=C(O)CC(c1ccc(Cl)cc1Cl)N1CCCCC1. The highest BCUT2D eigenvalue weighted by Gasteiger charge is 2.26. The Hall–Kier alpha value is -0.770. The van der Waals surface area contributed by atoms with Gasteiger partial charge in [0.1, 0.15) is 0 Å². The number of aliphatic carboxylic acids is 1. The van der Waals surface area contributed by atoms with Crippen molar-refractivity contribution in [2.75, 3.05) is 13.1 Å². The van der Waals surface area contributed by atoms with Crippen molar-refractivity contribution in [1.82, 2.24) is 4.90 Å². The van der Waals surface area contributed by atoms with Crippen molar-refractivity contribution in [2.45, 2.75) is 31.7 Å². The van der Waals surface area contributed by atoms with Crippen molar-refractivity contribution < 1.29 is 9.90 Å². The van der Waals surface area contributed by atoms with Crippen LogP contribution >= 0.6 is 23.2 Å². The van der Waals surface area contributed by atoms with E-state index in [0.717, 1.165) is 31.5 Å². The molecule has 1 aromatic carbocycles. The fourth-order valence-electron chi connectivity index (χ4n) is 2.60. The van der Waals surface area contributed by atoms with Gasteiger partial charge in [0.25, 0.3) is 0 Å². The molecule has 104 valence electrons. The molecule has 0 radical (unpaired) electrons. The summed E-state index contributed by atoms with van der Waals surface area (Å²) in [5.74, 6) is -0.804. The zero-order valence-electron chi connectivity index (χ0n) is 10.6. The Kier molecular flexibility index (Phi) is 5.08. The van der Waals surface area contributed by atoms with E-state index < -0.39 is 5.97 Å². The lowest BCUT2D eigenvalue weighted by atomic mass is 9.99. The highest BCUT2D eigenvalue weighted by molar-refractivity contribution is 6.35. The number of carboxylic acid groups (broad SMARTS) is 1. The van der Waals surface area contributed by atoms with Crippen molar-refractivity contribution in [1.29, 1.82) is 0 Å². The number of carboxylic acids is 1. The van der Waals surface area contributed by atoms with Gasteiger partial charge in [-0.05, 0) is 43.6 Å². The molecule has 0 aromatic heterocycles. The summed E-state index contributed by atoms with van der Waals surface area (Å²) in [4.78, 5) is 13.3. The van der Waals surface area contributed by atoms with Crippen LogP contribution in [0.5, 0.6) is 0 Å². The number of rotatable bonds is 4. The molecule has 5 heteroatoms. The van der Waals surface area contributed by atoms with Gasteiger partial charge in [0.2, 0.25) is 0 Å². The quantitative estimate of drug-likeness (QED) is 0.914. The first-order chi connectivity index (χ1) is 9.08. The van der Waals surface area contributed by atoms with Crippen LogP contribution in [0.25, 0.3) is 0 Å². The second-order valence-corrected chi connectivity index (χ2v) is 5.72. The number of hydrogen-bond donors (Lipinski definition) is 1. The van der Waals surface area contributed by atoms with Gasteiger partial charge in [-0.1, -0.05) is 35.7 Å². The van der Waals surface area contributed by atoms with Crippen LogP contribution in [0.15, 0.2) is 18.2 Å². The summed E-state index contributed by atoms with van der Waals surface area (Å²) < 4.78 is 0. The van der Waals surface area contributed by atoms with Crippen molar-refractivity contribution in [3.63, 3.8) is 0 Å². The van der Waals surface area contributed by atoms with Crippen LogP contribution in [0.2, 0.25) is 10.0 Å². The lowest BCUT2D eigenvalue weighted by Crippen LogP contribution is -2.35. The van der Waals surface area contributed by atoms with E-state index in [1.165, 1.54) is 6.42 Å². The van der Waals surface area contributed by atoms with Crippen molar-refractivity contribution in [3.05, 3.63) is 33.8 Å². The standard InChI is InChI=1S/C14H17Cl2NO2/c15-10-4-5-11(12(16)8-10)13(9-14(18)19)17-6-2-1-3-7-17/h4-5,8,13H,1-3,6-7,9H2,(H,18,19). The van der Waals surface area contributed by atoms with E-state index in [1.54, 1.807) is 12.1 Å². The predicted octanol–water partition coefficient (Wildman–Crippen LogP) is 4.00. The van der Waals surface area contributed by atoms with Gasteiger partial charge in [0.15, 0.2) is 0 Å². The maximum Gasteiger partial charge on any atom is 0.305 e. The molecule has 2 rings (SSSR count). The average Bonchev–Trinajstić information content (AvgIpc) is 2.37. The number of halogens is 2. The molecular weight excluding hydrogens is 285 g/mol. The molecule has 0 bridgehead atoms. The Balaban J connectivity index is 2.27. The number of nitrogens with zero attached hydrogens (tertiary/aromatic N) is 1. The molecule has 0 aliphatic carbocycles. The van der Waals surface area contributed by atoms with E-state index in [0.29, 0.717) is 10.0 Å². The molecule has 1 saturated heterocycles. The molecule has 0 amide bonds. The Morgan fingerprint density at radius 3 is 2.53 bits per heavy atom. The number of piperidine rings is 1. The minimum atomic E-state index is -0.804. The Morgan fingerprint density at radius 1 is 1.26 bits per heavy atom. The molecule has 1 aliphatic rings. The maximum atomic E-state index is 11.1. The largest absolute Gasteiger partial charge is 0.481 e. The molecule has 0 saturated carbocycles. The van der Waals surface area contributed by atoms with Gasteiger partial charge >= 0.3 is 5.97 Å².